The summed E-state index contributed by atoms with van der Waals surface area (Å²) < 4.78 is 0. The quantitative estimate of drug-likeness (QED) is 0.746. The van der Waals surface area contributed by atoms with Crippen LogP contribution in [0.2, 0.25) is 0 Å². The lowest BCUT2D eigenvalue weighted by molar-refractivity contribution is 0.244. The van der Waals surface area contributed by atoms with Crippen molar-refractivity contribution >= 4 is 0 Å². The molecule has 0 aliphatic heterocycles. The molecule has 4 rings (SSSR count). The van der Waals surface area contributed by atoms with Crippen LogP contribution in [0.4, 0.5) is 0 Å². The molecule has 2 nitrogen and oxygen atoms in total. The topological polar surface area (TPSA) is 15.3 Å². The van der Waals surface area contributed by atoms with E-state index < -0.39 is 0 Å². The molecule has 0 bridgehead atoms. The van der Waals surface area contributed by atoms with Crippen molar-refractivity contribution in [3.8, 4) is 0 Å². The maximum atomic E-state index is 3.62. The number of nitrogens with one attached hydrogen (secondary N) is 1. The number of benzene rings is 1. The summed E-state index contributed by atoms with van der Waals surface area (Å²) in [4.78, 5) is 2.72. The summed E-state index contributed by atoms with van der Waals surface area (Å²) in [7, 11) is 0. The van der Waals surface area contributed by atoms with Gasteiger partial charge in [-0.05, 0) is 61.5 Å². The zero-order valence-corrected chi connectivity index (χ0v) is 13.1. The van der Waals surface area contributed by atoms with Gasteiger partial charge >= 0.3 is 0 Å². The van der Waals surface area contributed by atoms with Crippen LogP contribution in [0.3, 0.4) is 0 Å². The third-order valence-electron chi connectivity index (χ3n) is 5.00. The molecule has 0 spiro atoms. The Morgan fingerprint density at radius 2 is 1.57 bits per heavy atom. The molecule has 3 fully saturated rings. The zero-order chi connectivity index (χ0) is 14.1. The number of nitrogens with zero attached hydrogens (tertiary/aromatic N) is 1. The molecule has 3 aliphatic carbocycles. The summed E-state index contributed by atoms with van der Waals surface area (Å²) >= 11 is 0. The Bertz CT molecular complexity index is 458. The Balaban J connectivity index is 1.34. The number of rotatable bonds is 9. The molecule has 1 aromatic rings. The van der Waals surface area contributed by atoms with Gasteiger partial charge in [0.05, 0.1) is 0 Å². The molecule has 1 N–H and O–H groups in total. The molecule has 2 heteroatoms. The summed E-state index contributed by atoms with van der Waals surface area (Å²) in [6.45, 7) is 4.87. The molecule has 0 aromatic heterocycles. The third-order valence-corrected chi connectivity index (χ3v) is 5.00. The van der Waals surface area contributed by atoms with Crippen molar-refractivity contribution in [1.29, 1.82) is 0 Å². The van der Waals surface area contributed by atoms with Gasteiger partial charge in [0, 0.05) is 32.2 Å². The van der Waals surface area contributed by atoms with Crippen LogP contribution in [0.15, 0.2) is 24.3 Å². The molecule has 1 aromatic carbocycles. The molecule has 3 saturated carbocycles. The van der Waals surface area contributed by atoms with E-state index in [-0.39, 0.29) is 0 Å². The van der Waals surface area contributed by atoms with E-state index >= 15 is 0 Å². The predicted molar refractivity (Wildman–Crippen MR) is 87.0 cm³/mol. The van der Waals surface area contributed by atoms with Gasteiger partial charge < -0.3 is 5.32 Å². The van der Waals surface area contributed by atoms with Gasteiger partial charge in [-0.3, -0.25) is 4.90 Å². The highest BCUT2D eigenvalue weighted by Gasteiger charge is 2.29. The van der Waals surface area contributed by atoms with E-state index in [1.165, 1.54) is 62.7 Å². The van der Waals surface area contributed by atoms with E-state index in [1.54, 1.807) is 0 Å². The molecule has 3 aliphatic rings. The van der Waals surface area contributed by atoms with Gasteiger partial charge in [0.25, 0.3) is 0 Å². The van der Waals surface area contributed by atoms with Crippen LogP contribution in [0.5, 0.6) is 0 Å². The highest BCUT2D eigenvalue weighted by atomic mass is 15.1. The van der Waals surface area contributed by atoms with E-state index in [2.05, 4.69) is 34.5 Å². The van der Waals surface area contributed by atoms with Crippen LogP contribution >= 0.6 is 0 Å². The van der Waals surface area contributed by atoms with Gasteiger partial charge in [0.1, 0.15) is 0 Å². The van der Waals surface area contributed by atoms with Crippen molar-refractivity contribution in [3.05, 3.63) is 35.4 Å². The van der Waals surface area contributed by atoms with Gasteiger partial charge in [-0.15, -0.1) is 0 Å². The molecule has 0 amide bonds. The Morgan fingerprint density at radius 1 is 0.905 bits per heavy atom. The average molecular weight is 284 g/mol. The largest absolute Gasteiger partial charge is 0.310 e. The number of hydrogen-bond acceptors (Lipinski definition) is 2. The standard InChI is InChI=1S/C19H28N2/c1-2-17(11-20-19-8-9-19)10-18(3-1)14-21(12-15-4-5-15)13-16-6-7-16/h1-3,10,15-16,19-20H,4-9,11-14H2. The third kappa shape index (κ3) is 4.55. The van der Waals surface area contributed by atoms with Gasteiger partial charge in [0.15, 0.2) is 0 Å². The van der Waals surface area contributed by atoms with E-state index in [9.17, 15) is 0 Å². The fraction of sp³-hybridized carbons (Fsp3) is 0.684. The summed E-state index contributed by atoms with van der Waals surface area (Å²) in [5, 5.41) is 3.62. The van der Waals surface area contributed by atoms with Crippen molar-refractivity contribution in [2.24, 2.45) is 11.8 Å². The van der Waals surface area contributed by atoms with Crippen molar-refractivity contribution in [2.45, 2.75) is 57.7 Å². The SMILES string of the molecule is c1cc(CNC2CC2)cc(CN(CC2CC2)CC2CC2)c1. The second-order valence-corrected chi connectivity index (χ2v) is 7.56. The smallest absolute Gasteiger partial charge is 0.0234 e. The van der Waals surface area contributed by atoms with Crippen molar-refractivity contribution in [3.63, 3.8) is 0 Å². The van der Waals surface area contributed by atoms with Crippen LogP contribution in [-0.2, 0) is 13.1 Å². The first-order valence-electron chi connectivity index (χ1n) is 8.89. The van der Waals surface area contributed by atoms with Gasteiger partial charge in [-0.1, -0.05) is 24.3 Å². The molecule has 21 heavy (non-hydrogen) atoms. The monoisotopic (exact) mass is 284 g/mol. The molecular formula is C19H28N2. The summed E-state index contributed by atoms with van der Waals surface area (Å²) in [5.74, 6) is 2.01. The van der Waals surface area contributed by atoms with E-state index in [1.807, 2.05) is 0 Å². The molecule has 0 saturated heterocycles. The van der Waals surface area contributed by atoms with Crippen LogP contribution < -0.4 is 5.32 Å². The Kier molecular flexibility index (Phi) is 4.00. The molecule has 0 atom stereocenters. The van der Waals surface area contributed by atoms with Crippen LogP contribution in [0.25, 0.3) is 0 Å². The van der Waals surface area contributed by atoms with Crippen LogP contribution in [0, 0.1) is 11.8 Å². The van der Waals surface area contributed by atoms with Crippen LogP contribution in [-0.4, -0.2) is 24.0 Å². The lowest BCUT2D eigenvalue weighted by Gasteiger charge is -2.22. The highest BCUT2D eigenvalue weighted by Crippen LogP contribution is 2.34. The second-order valence-electron chi connectivity index (χ2n) is 7.56. The summed E-state index contributed by atoms with van der Waals surface area (Å²) in [5.41, 5.74) is 2.96. The Labute approximate surface area is 128 Å². The van der Waals surface area contributed by atoms with Crippen LogP contribution in [0.1, 0.15) is 49.7 Å². The highest BCUT2D eigenvalue weighted by molar-refractivity contribution is 5.23. The number of hydrogen-bond donors (Lipinski definition) is 1. The maximum absolute atomic E-state index is 3.62. The van der Waals surface area contributed by atoms with Crippen molar-refractivity contribution < 1.29 is 0 Å². The fourth-order valence-electron chi connectivity index (χ4n) is 3.18. The first-order valence-corrected chi connectivity index (χ1v) is 8.89. The summed E-state index contributed by atoms with van der Waals surface area (Å²) in [6.07, 6.45) is 8.60. The lowest BCUT2D eigenvalue weighted by Crippen LogP contribution is -2.28. The molecular weight excluding hydrogens is 256 g/mol. The minimum Gasteiger partial charge on any atom is -0.310 e. The summed E-state index contributed by atoms with van der Waals surface area (Å²) in [6, 6.07) is 10.0. The molecule has 0 unspecified atom stereocenters. The Hall–Kier alpha value is -0.860. The first-order chi connectivity index (χ1) is 10.3. The van der Waals surface area contributed by atoms with Crippen molar-refractivity contribution in [2.75, 3.05) is 13.1 Å². The Morgan fingerprint density at radius 3 is 2.19 bits per heavy atom. The first kappa shape index (κ1) is 13.8. The normalized spacial score (nSPS) is 22.0. The van der Waals surface area contributed by atoms with Gasteiger partial charge in [-0.2, -0.15) is 0 Å². The minimum atomic E-state index is 0.801. The molecule has 0 radical (unpaired) electrons. The second kappa shape index (κ2) is 6.10. The fourth-order valence-corrected chi connectivity index (χ4v) is 3.18. The van der Waals surface area contributed by atoms with Crippen molar-refractivity contribution in [1.82, 2.24) is 10.2 Å². The maximum Gasteiger partial charge on any atom is 0.0234 e. The lowest BCUT2D eigenvalue weighted by atomic mass is 10.1. The van der Waals surface area contributed by atoms with Gasteiger partial charge in [-0.25, -0.2) is 0 Å². The zero-order valence-electron chi connectivity index (χ0n) is 13.1. The molecule has 114 valence electrons. The molecule has 0 heterocycles. The predicted octanol–water partition coefficient (Wildman–Crippen LogP) is 3.56. The van der Waals surface area contributed by atoms with E-state index in [0.29, 0.717) is 0 Å². The van der Waals surface area contributed by atoms with Gasteiger partial charge in [0.2, 0.25) is 0 Å². The van der Waals surface area contributed by atoms with E-state index in [4.69, 9.17) is 0 Å². The average Bonchev–Trinajstić information content (AvgIpc) is 3.34. The minimum absolute atomic E-state index is 0.801. The van der Waals surface area contributed by atoms with E-state index in [0.717, 1.165) is 31.0 Å².